The summed E-state index contributed by atoms with van der Waals surface area (Å²) in [6, 6.07) is 0. The van der Waals surface area contributed by atoms with E-state index >= 15 is 0 Å². The van der Waals surface area contributed by atoms with Gasteiger partial charge in [-0.1, -0.05) is 19.9 Å². The molecule has 0 radical (unpaired) electrons. The minimum absolute atomic E-state index is 0.0813. The highest BCUT2D eigenvalue weighted by Crippen LogP contribution is 2.31. The first-order chi connectivity index (χ1) is 7.02. The molecule has 0 fully saturated rings. The Hall–Kier alpha value is -0.870. The van der Waals surface area contributed by atoms with Crippen LogP contribution in [0.3, 0.4) is 0 Å². The van der Waals surface area contributed by atoms with E-state index in [0.717, 1.165) is 6.08 Å². The molecule has 0 aromatic heterocycles. The van der Waals surface area contributed by atoms with Crippen LogP contribution >= 0.6 is 0 Å². The molecule has 0 bridgehead atoms. The fourth-order valence-corrected chi connectivity index (χ4v) is 1.60. The van der Waals surface area contributed by atoms with Crippen LogP contribution in [0, 0.1) is 5.41 Å². The number of hydrogen-bond acceptors (Lipinski definition) is 3. The van der Waals surface area contributed by atoms with E-state index in [9.17, 15) is 15.0 Å². The summed E-state index contributed by atoms with van der Waals surface area (Å²) >= 11 is 0. The van der Waals surface area contributed by atoms with E-state index in [2.05, 4.69) is 0 Å². The third-order valence-electron chi connectivity index (χ3n) is 3.05. The van der Waals surface area contributed by atoms with Crippen LogP contribution in [0.15, 0.2) is 12.2 Å². The molecule has 4 nitrogen and oxygen atoms in total. The van der Waals surface area contributed by atoms with Crippen molar-refractivity contribution < 1.29 is 20.1 Å². The maximum atomic E-state index is 10.2. The molecule has 0 aromatic rings. The van der Waals surface area contributed by atoms with Gasteiger partial charge in [-0.3, -0.25) is 0 Å². The number of carbonyl (C=O) groups is 1. The minimum atomic E-state index is -1.02. The number of hydrogen-bond donors (Lipinski definition) is 3. The van der Waals surface area contributed by atoms with Gasteiger partial charge in [-0.2, -0.15) is 0 Å². The average Bonchev–Trinajstić information content (AvgIpc) is 2.21. The normalized spacial score (nSPS) is 14.4. The first-order valence-electron chi connectivity index (χ1n) is 5.20. The Bertz CT molecular complexity index is 210. The number of aliphatic hydroxyl groups excluding tert-OH is 2. The molecule has 0 aromatic carbocycles. The van der Waals surface area contributed by atoms with Gasteiger partial charge in [-0.05, 0) is 19.3 Å². The maximum Gasteiger partial charge on any atom is 0.327 e. The standard InChI is InChI=1S/C11H20O4/c1-3-11(4-2,8-12)9(13)6-5-7-10(14)15/h5,7,9,12-13H,3-4,6,8H2,1-2H3,(H,14,15). The van der Waals surface area contributed by atoms with Gasteiger partial charge >= 0.3 is 5.97 Å². The lowest BCUT2D eigenvalue weighted by Crippen LogP contribution is -2.37. The molecule has 0 saturated heterocycles. The molecular formula is C11H20O4. The van der Waals surface area contributed by atoms with Gasteiger partial charge in [0.25, 0.3) is 0 Å². The van der Waals surface area contributed by atoms with E-state index in [1.165, 1.54) is 6.08 Å². The first-order valence-corrected chi connectivity index (χ1v) is 5.20. The molecule has 0 amide bonds. The second-order valence-electron chi connectivity index (χ2n) is 3.72. The Kier molecular flexibility index (Phi) is 6.20. The molecule has 0 aliphatic heterocycles. The fraction of sp³-hybridized carbons (Fsp3) is 0.727. The van der Waals surface area contributed by atoms with E-state index in [-0.39, 0.29) is 13.0 Å². The summed E-state index contributed by atoms with van der Waals surface area (Å²) in [6.45, 7) is 3.73. The van der Waals surface area contributed by atoms with Gasteiger partial charge in [-0.25, -0.2) is 4.79 Å². The van der Waals surface area contributed by atoms with Gasteiger partial charge in [0.1, 0.15) is 0 Å². The molecule has 1 unspecified atom stereocenters. The van der Waals surface area contributed by atoms with Crippen LogP contribution in [-0.2, 0) is 4.79 Å². The van der Waals surface area contributed by atoms with Crippen LogP contribution in [0.5, 0.6) is 0 Å². The number of aliphatic hydroxyl groups is 2. The molecule has 0 spiro atoms. The highest BCUT2D eigenvalue weighted by Gasteiger charge is 2.32. The molecule has 15 heavy (non-hydrogen) atoms. The Balaban J connectivity index is 4.38. The molecule has 0 heterocycles. The van der Waals surface area contributed by atoms with Crippen LogP contribution in [-0.4, -0.2) is 34.0 Å². The fourth-order valence-electron chi connectivity index (χ4n) is 1.60. The van der Waals surface area contributed by atoms with Crippen LogP contribution in [0.2, 0.25) is 0 Å². The van der Waals surface area contributed by atoms with Gasteiger partial charge < -0.3 is 15.3 Å². The van der Waals surface area contributed by atoms with Crippen molar-refractivity contribution in [3.63, 3.8) is 0 Å². The van der Waals surface area contributed by atoms with Gasteiger partial charge in [-0.15, -0.1) is 0 Å². The Morgan fingerprint density at radius 1 is 1.40 bits per heavy atom. The Morgan fingerprint density at radius 3 is 2.27 bits per heavy atom. The topological polar surface area (TPSA) is 77.8 Å². The maximum absolute atomic E-state index is 10.2. The van der Waals surface area contributed by atoms with Crippen molar-refractivity contribution in [3.8, 4) is 0 Å². The van der Waals surface area contributed by atoms with Gasteiger partial charge in [0, 0.05) is 11.5 Å². The molecule has 1 atom stereocenters. The van der Waals surface area contributed by atoms with E-state index < -0.39 is 17.5 Å². The van der Waals surface area contributed by atoms with Crippen molar-refractivity contribution in [3.05, 3.63) is 12.2 Å². The number of rotatable bonds is 7. The van der Waals surface area contributed by atoms with E-state index in [4.69, 9.17) is 5.11 Å². The third-order valence-corrected chi connectivity index (χ3v) is 3.05. The molecule has 0 saturated carbocycles. The first kappa shape index (κ1) is 14.1. The van der Waals surface area contributed by atoms with Crippen molar-refractivity contribution in [2.45, 2.75) is 39.2 Å². The zero-order valence-electron chi connectivity index (χ0n) is 9.31. The van der Waals surface area contributed by atoms with Crippen LogP contribution in [0.1, 0.15) is 33.1 Å². The van der Waals surface area contributed by atoms with E-state index in [0.29, 0.717) is 12.8 Å². The number of aliphatic carboxylic acids is 1. The van der Waals surface area contributed by atoms with Gasteiger partial charge in [0.15, 0.2) is 0 Å². The van der Waals surface area contributed by atoms with Crippen LogP contribution in [0.25, 0.3) is 0 Å². The monoisotopic (exact) mass is 216 g/mol. The lowest BCUT2D eigenvalue weighted by Gasteiger charge is -2.34. The van der Waals surface area contributed by atoms with Gasteiger partial charge in [0.05, 0.1) is 12.7 Å². The quantitative estimate of drug-likeness (QED) is 0.558. The van der Waals surface area contributed by atoms with Crippen LogP contribution < -0.4 is 0 Å². The zero-order chi connectivity index (χ0) is 11.9. The summed E-state index contributed by atoms with van der Waals surface area (Å²) in [4.78, 5) is 10.2. The zero-order valence-corrected chi connectivity index (χ0v) is 9.31. The third kappa shape index (κ3) is 4.01. The molecule has 0 aliphatic rings. The van der Waals surface area contributed by atoms with Crippen molar-refractivity contribution in [1.29, 1.82) is 0 Å². The molecule has 0 rings (SSSR count). The Labute approximate surface area is 90.2 Å². The van der Waals surface area contributed by atoms with Crippen molar-refractivity contribution in [2.24, 2.45) is 5.41 Å². The summed E-state index contributed by atoms with van der Waals surface area (Å²) in [5, 5.41) is 27.5. The predicted octanol–water partition coefficient (Wildman–Crippen LogP) is 1.18. The second-order valence-corrected chi connectivity index (χ2v) is 3.72. The van der Waals surface area contributed by atoms with E-state index in [1.54, 1.807) is 0 Å². The van der Waals surface area contributed by atoms with Gasteiger partial charge in [0.2, 0.25) is 0 Å². The summed E-state index contributed by atoms with van der Waals surface area (Å²) in [7, 11) is 0. The lowest BCUT2D eigenvalue weighted by molar-refractivity contribution is -0.131. The predicted molar refractivity (Wildman–Crippen MR) is 57.5 cm³/mol. The Morgan fingerprint density at radius 2 is 1.93 bits per heavy atom. The number of carboxylic acid groups (broad SMARTS) is 1. The highest BCUT2D eigenvalue weighted by atomic mass is 16.4. The van der Waals surface area contributed by atoms with Crippen molar-refractivity contribution in [1.82, 2.24) is 0 Å². The van der Waals surface area contributed by atoms with Crippen molar-refractivity contribution >= 4 is 5.97 Å². The molecule has 3 N–H and O–H groups in total. The molecular weight excluding hydrogens is 196 g/mol. The minimum Gasteiger partial charge on any atom is -0.478 e. The molecule has 4 heteroatoms. The smallest absolute Gasteiger partial charge is 0.327 e. The second kappa shape index (κ2) is 6.58. The average molecular weight is 216 g/mol. The van der Waals surface area contributed by atoms with Crippen LogP contribution in [0.4, 0.5) is 0 Å². The van der Waals surface area contributed by atoms with E-state index in [1.807, 2.05) is 13.8 Å². The number of carboxylic acids is 1. The lowest BCUT2D eigenvalue weighted by atomic mass is 9.76. The summed E-state index contributed by atoms with van der Waals surface area (Å²) in [6.07, 6.45) is 3.33. The molecule has 0 aliphatic carbocycles. The molecule has 88 valence electrons. The van der Waals surface area contributed by atoms with Crippen molar-refractivity contribution in [2.75, 3.05) is 6.61 Å². The largest absolute Gasteiger partial charge is 0.478 e. The highest BCUT2D eigenvalue weighted by molar-refractivity contribution is 5.79. The summed E-state index contributed by atoms with van der Waals surface area (Å²) in [5.74, 6) is -1.02. The SMILES string of the molecule is CCC(CC)(CO)C(O)CC=CC(=O)O. The summed E-state index contributed by atoms with van der Waals surface area (Å²) < 4.78 is 0. The summed E-state index contributed by atoms with van der Waals surface area (Å²) in [5.41, 5.74) is -0.511.